The van der Waals surface area contributed by atoms with Crippen LogP contribution in [0.2, 0.25) is 0 Å². The molecule has 2 saturated heterocycles. The summed E-state index contributed by atoms with van der Waals surface area (Å²) in [5.41, 5.74) is 6.64. The minimum atomic E-state index is 0.0999. The van der Waals surface area contributed by atoms with Gasteiger partial charge in [0.2, 0.25) is 0 Å². The van der Waals surface area contributed by atoms with Gasteiger partial charge >= 0.3 is 0 Å². The number of amides is 1. The van der Waals surface area contributed by atoms with E-state index < -0.39 is 0 Å². The van der Waals surface area contributed by atoms with Gasteiger partial charge in [-0.25, -0.2) is 4.98 Å². The van der Waals surface area contributed by atoms with Gasteiger partial charge in [-0.3, -0.25) is 9.69 Å². The molecule has 138 valence electrons. The number of hydrogen-bond acceptors (Lipinski definition) is 5. The zero-order valence-corrected chi connectivity index (χ0v) is 15.4. The molecular formula is C19H31N5O. The zero-order valence-electron chi connectivity index (χ0n) is 15.4. The molecule has 0 atom stereocenters. The summed E-state index contributed by atoms with van der Waals surface area (Å²) in [7, 11) is 0. The first kappa shape index (κ1) is 18.0. The molecule has 0 saturated carbocycles. The zero-order chi connectivity index (χ0) is 17.6. The third kappa shape index (κ3) is 4.42. The molecule has 2 N–H and O–H groups in total. The van der Waals surface area contributed by atoms with Crippen molar-refractivity contribution in [2.45, 2.75) is 39.0 Å². The second-order valence-electron chi connectivity index (χ2n) is 7.14. The lowest BCUT2D eigenvalue weighted by molar-refractivity contribution is 0.0638. The molecule has 0 spiro atoms. The van der Waals surface area contributed by atoms with E-state index in [2.05, 4.69) is 21.7 Å². The van der Waals surface area contributed by atoms with E-state index in [1.165, 1.54) is 12.8 Å². The normalized spacial score (nSPS) is 19.7. The Bertz CT molecular complexity index is 575. The van der Waals surface area contributed by atoms with Gasteiger partial charge in [0.1, 0.15) is 11.6 Å². The number of anilines is 2. The van der Waals surface area contributed by atoms with E-state index in [1.54, 1.807) is 6.07 Å². The monoisotopic (exact) mass is 345 g/mol. The van der Waals surface area contributed by atoms with E-state index >= 15 is 0 Å². The third-order valence-corrected chi connectivity index (χ3v) is 5.23. The number of aromatic nitrogens is 1. The van der Waals surface area contributed by atoms with Crippen molar-refractivity contribution in [2.24, 2.45) is 0 Å². The van der Waals surface area contributed by atoms with Crippen LogP contribution in [-0.4, -0.2) is 66.5 Å². The summed E-state index contributed by atoms with van der Waals surface area (Å²) in [6.45, 7) is 8.74. The number of nitrogen functional groups attached to an aromatic ring is 1. The maximum Gasteiger partial charge on any atom is 0.257 e. The highest BCUT2D eigenvalue weighted by Gasteiger charge is 2.26. The number of rotatable bonds is 4. The van der Waals surface area contributed by atoms with Gasteiger partial charge in [0.15, 0.2) is 0 Å². The maximum absolute atomic E-state index is 13.1. The predicted molar refractivity (Wildman–Crippen MR) is 102 cm³/mol. The van der Waals surface area contributed by atoms with E-state index in [4.69, 9.17) is 5.73 Å². The number of nitrogens with zero attached hydrogens (tertiary/aromatic N) is 4. The van der Waals surface area contributed by atoms with Gasteiger partial charge in [-0.15, -0.1) is 0 Å². The molecule has 2 fully saturated rings. The van der Waals surface area contributed by atoms with Crippen molar-refractivity contribution in [3.05, 3.63) is 17.7 Å². The maximum atomic E-state index is 13.1. The van der Waals surface area contributed by atoms with Crippen molar-refractivity contribution in [3.63, 3.8) is 0 Å². The second kappa shape index (κ2) is 8.52. The van der Waals surface area contributed by atoms with Gasteiger partial charge in [0, 0.05) is 39.3 Å². The molecule has 0 unspecified atom stereocenters. The Kier molecular flexibility index (Phi) is 6.13. The highest BCUT2D eigenvalue weighted by atomic mass is 16.2. The largest absolute Gasteiger partial charge is 0.384 e. The van der Waals surface area contributed by atoms with E-state index in [0.29, 0.717) is 11.4 Å². The Labute approximate surface area is 151 Å². The number of carbonyl (C=O) groups excluding carboxylic acids is 1. The lowest BCUT2D eigenvalue weighted by atomic mass is 10.1. The number of hydrogen-bond donors (Lipinski definition) is 1. The highest BCUT2D eigenvalue weighted by molar-refractivity contribution is 5.99. The van der Waals surface area contributed by atoms with Gasteiger partial charge in [0.25, 0.3) is 5.91 Å². The van der Waals surface area contributed by atoms with Crippen LogP contribution in [0.3, 0.4) is 0 Å². The molecule has 6 heteroatoms. The van der Waals surface area contributed by atoms with Crippen LogP contribution < -0.4 is 10.6 Å². The SMILES string of the molecule is CCCN1CCN(C(=O)c2ccc(N)nc2N2CCCCCC2)CC1. The summed E-state index contributed by atoms with van der Waals surface area (Å²) in [5, 5.41) is 0. The third-order valence-electron chi connectivity index (χ3n) is 5.23. The van der Waals surface area contributed by atoms with Crippen LogP contribution in [-0.2, 0) is 0 Å². The Morgan fingerprint density at radius 2 is 1.72 bits per heavy atom. The number of pyridine rings is 1. The van der Waals surface area contributed by atoms with Crippen molar-refractivity contribution >= 4 is 17.5 Å². The van der Waals surface area contributed by atoms with Crippen molar-refractivity contribution in [3.8, 4) is 0 Å². The summed E-state index contributed by atoms with van der Waals surface area (Å²) < 4.78 is 0. The Morgan fingerprint density at radius 3 is 2.36 bits per heavy atom. The van der Waals surface area contributed by atoms with Crippen LogP contribution in [0.5, 0.6) is 0 Å². The number of nitrogens with two attached hydrogens (primary N) is 1. The molecule has 6 nitrogen and oxygen atoms in total. The summed E-state index contributed by atoms with van der Waals surface area (Å²) in [6.07, 6.45) is 5.97. The predicted octanol–water partition coefficient (Wildman–Crippen LogP) is 2.21. The fourth-order valence-electron chi connectivity index (χ4n) is 3.81. The van der Waals surface area contributed by atoms with Crippen molar-refractivity contribution in [2.75, 3.05) is 56.4 Å². The molecule has 3 heterocycles. The summed E-state index contributed by atoms with van der Waals surface area (Å²) in [5.74, 6) is 1.37. The molecule has 1 amide bonds. The Balaban J connectivity index is 1.76. The minimum Gasteiger partial charge on any atom is -0.384 e. The molecule has 0 aromatic carbocycles. The van der Waals surface area contributed by atoms with E-state index in [-0.39, 0.29) is 5.91 Å². The Hall–Kier alpha value is -1.82. The molecule has 0 bridgehead atoms. The van der Waals surface area contributed by atoms with Crippen molar-refractivity contribution in [1.29, 1.82) is 0 Å². The molecule has 3 rings (SSSR count). The van der Waals surface area contributed by atoms with Gasteiger partial charge < -0.3 is 15.5 Å². The first-order valence-corrected chi connectivity index (χ1v) is 9.72. The number of carbonyl (C=O) groups is 1. The number of piperazine rings is 1. The van der Waals surface area contributed by atoms with E-state index in [9.17, 15) is 4.79 Å². The van der Waals surface area contributed by atoms with E-state index in [0.717, 1.165) is 70.9 Å². The summed E-state index contributed by atoms with van der Waals surface area (Å²) in [4.78, 5) is 24.3. The summed E-state index contributed by atoms with van der Waals surface area (Å²) in [6, 6.07) is 3.62. The van der Waals surface area contributed by atoms with Crippen LogP contribution in [0.25, 0.3) is 0 Å². The van der Waals surface area contributed by atoms with Gasteiger partial charge in [0.05, 0.1) is 5.56 Å². The van der Waals surface area contributed by atoms with Crippen LogP contribution in [0.1, 0.15) is 49.4 Å². The molecule has 25 heavy (non-hydrogen) atoms. The molecule has 2 aliphatic rings. The average molecular weight is 345 g/mol. The van der Waals surface area contributed by atoms with Crippen LogP contribution >= 0.6 is 0 Å². The first-order valence-electron chi connectivity index (χ1n) is 9.72. The topological polar surface area (TPSA) is 65.7 Å². The smallest absolute Gasteiger partial charge is 0.257 e. The van der Waals surface area contributed by atoms with Crippen molar-refractivity contribution < 1.29 is 4.79 Å². The lowest BCUT2D eigenvalue weighted by Crippen LogP contribution is -2.49. The molecule has 0 radical (unpaired) electrons. The lowest BCUT2D eigenvalue weighted by Gasteiger charge is -2.35. The fourth-order valence-corrected chi connectivity index (χ4v) is 3.81. The standard InChI is InChI=1S/C19H31N5O/c1-2-9-22-12-14-24(15-13-22)19(25)16-7-8-17(20)21-18(16)23-10-5-3-4-6-11-23/h7-8H,2-6,9-15H2,1H3,(H2,20,21). The van der Waals surface area contributed by atoms with Gasteiger partial charge in [-0.1, -0.05) is 19.8 Å². The van der Waals surface area contributed by atoms with Crippen LogP contribution in [0, 0.1) is 0 Å². The molecule has 2 aliphatic heterocycles. The Morgan fingerprint density at radius 1 is 1.04 bits per heavy atom. The molecule has 1 aromatic rings. The first-order chi connectivity index (χ1) is 12.2. The van der Waals surface area contributed by atoms with Crippen LogP contribution in [0.15, 0.2) is 12.1 Å². The average Bonchev–Trinajstić information content (AvgIpc) is 2.91. The van der Waals surface area contributed by atoms with Crippen molar-refractivity contribution in [1.82, 2.24) is 14.8 Å². The summed E-state index contributed by atoms with van der Waals surface area (Å²) >= 11 is 0. The van der Waals surface area contributed by atoms with E-state index in [1.807, 2.05) is 11.0 Å². The van der Waals surface area contributed by atoms with Crippen LogP contribution in [0.4, 0.5) is 11.6 Å². The van der Waals surface area contributed by atoms with Gasteiger partial charge in [-0.2, -0.15) is 0 Å². The molecule has 0 aliphatic carbocycles. The quantitative estimate of drug-likeness (QED) is 0.906. The molecular weight excluding hydrogens is 314 g/mol. The van der Waals surface area contributed by atoms with Gasteiger partial charge in [-0.05, 0) is 37.9 Å². The fraction of sp³-hybridized carbons (Fsp3) is 0.684. The molecule has 1 aromatic heterocycles. The second-order valence-corrected chi connectivity index (χ2v) is 7.14. The minimum absolute atomic E-state index is 0.0999. The highest BCUT2D eigenvalue weighted by Crippen LogP contribution is 2.25.